The Hall–Kier alpha value is -1.10. The third kappa shape index (κ3) is 4.20. The van der Waals surface area contributed by atoms with Gasteiger partial charge in [-0.2, -0.15) is 0 Å². The van der Waals surface area contributed by atoms with Crippen LogP contribution in [0.5, 0.6) is 0 Å². The molecule has 1 fully saturated rings. The van der Waals surface area contributed by atoms with Gasteiger partial charge in [-0.05, 0) is 43.0 Å². The van der Waals surface area contributed by atoms with Crippen LogP contribution in [0, 0.1) is 5.92 Å². The van der Waals surface area contributed by atoms with Crippen LogP contribution in [0.25, 0.3) is 0 Å². The number of benzene rings is 1. The second-order valence-electron chi connectivity index (χ2n) is 5.55. The third-order valence-electron chi connectivity index (χ3n) is 4.00. The summed E-state index contributed by atoms with van der Waals surface area (Å²) in [4.78, 5) is 13.5. The SMILES string of the molecule is CC1CCN(Cc2ccc(C(N)=O)cc2)C(CN)C1.Cl. The van der Waals surface area contributed by atoms with Crippen LogP contribution in [0.1, 0.15) is 35.7 Å². The molecular formula is C15H24ClN3O. The third-order valence-corrected chi connectivity index (χ3v) is 4.00. The van der Waals surface area contributed by atoms with Gasteiger partial charge in [-0.1, -0.05) is 19.1 Å². The Balaban J connectivity index is 0.00000200. The number of piperidine rings is 1. The number of hydrogen-bond donors (Lipinski definition) is 2. The summed E-state index contributed by atoms with van der Waals surface area (Å²) in [5, 5.41) is 0. The van der Waals surface area contributed by atoms with E-state index in [0.29, 0.717) is 18.2 Å². The molecule has 0 aliphatic carbocycles. The summed E-state index contributed by atoms with van der Waals surface area (Å²) >= 11 is 0. The summed E-state index contributed by atoms with van der Waals surface area (Å²) in [6, 6.07) is 8.01. The molecule has 0 aromatic heterocycles. The fourth-order valence-electron chi connectivity index (χ4n) is 2.76. The number of primary amides is 1. The first-order valence-electron chi connectivity index (χ1n) is 6.93. The van der Waals surface area contributed by atoms with Crippen molar-refractivity contribution >= 4 is 18.3 Å². The molecule has 1 aliphatic rings. The monoisotopic (exact) mass is 297 g/mol. The van der Waals surface area contributed by atoms with E-state index in [1.54, 1.807) is 12.1 Å². The van der Waals surface area contributed by atoms with Gasteiger partial charge in [0.15, 0.2) is 0 Å². The number of rotatable bonds is 4. The highest BCUT2D eigenvalue weighted by atomic mass is 35.5. The van der Waals surface area contributed by atoms with Crippen LogP contribution in [0.15, 0.2) is 24.3 Å². The van der Waals surface area contributed by atoms with Crippen molar-refractivity contribution in [2.75, 3.05) is 13.1 Å². The van der Waals surface area contributed by atoms with E-state index in [9.17, 15) is 4.79 Å². The molecule has 0 bridgehead atoms. The van der Waals surface area contributed by atoms with Gasteiger partial charge in [0.25, 0.3) is 0 Å². The molecule has 0 radical (unpaired) electrons. The highest BCUT2D eigenvalue weighted by Gasteiger charge is 2.25. The van der Waals surface area contributed by atoms with Crippen LogP contribution in [0.2, 0.25) is 0 Å². The Labute approximate surface area is 126 Å². The van der Waals surface area contributed by atoms with Gasteiger partial charge in [-0.25, -0.2) is 0 Å². The second kappa shape index (κ2) is 7.62. The number of hydrogen-bond acceptors (Lipinski definition) is 3. The molecule has 2 rings (SSSR count). The zero-order chi connectivity index (χ0) is 13.8. The van der Waals surface area contributed by atoms with Gasteiger partial charge >= 0.3 is 0 Å². The lowest BCUT2D eigenvalue weighted by Crippen LogP contribution is -2.45. The van der Waals surface area contributed by atoms with Crippen molar-refractivity contribution < 1.29 is 4.79 Å². The number of carbonyl (C=O) groups is 1. The van der Waals surface area contributed by atoms with E-state index < -0.39 is 0 Å². The van der Waals surface area contributed by atoms with Crippen molar-refractivity contribution in [1.82, 2.24) is 4.90 Å². The van der Waals surface area contributed by atoms with Gasteiger partial charge in [0, 0.05) is 24.7 Å². The summed E-state index contributed by atoms with van der Waals surface area (Å²) in [7, 11) is 0. The lowest BCUT2D eigenvalue weighted by Gasteiger charge is -2.38. The number of carbonyl (C=O) groups excluding carboxylic acids is 1. The summed E-state index contributed by atoms with van der Waals surface area (Å²) in [6.07, 6.45) is 2.41. The molecule has 1 aliphatic heterocycles. The average Bonchev–Trinajstić information content (AvgIpc) is 2.41. The van der Waals surface area contributed by atoms with Crippen LogP contribution in [0.4, 0.5) is 0 Å². The fraction of sp³-hybridized carbons (Fsp3) is 0.533. The van der Waals surface area contributed by atoms with Crippen LogP contribution >= 0.6 is 12.4 Å². The lowest BCUT2D eigenvalue weighted by atomic mass is 9.92. The van der Waals surface area contributed by atoms with Gasteiger partial charge in [-0.3, -0.25) is 9.69 Å². The summed E-state index contributed by atoms with van der Waals surface area (Å²) < 4.78 is 0. The van der Waals surface area contributed by atoms with E-state index in [0.717, 1.165) is 19.0 Å². The Kier molecular flexibility index (Phi) is 6.46. The zero-order valence-electron chi connectivity index (χ0n) is 11.9. The molecule has 20 heavy (non-hydrogen) atoms. The van der Waals surface area contributed by atoms with Gasteiger partial charge in [-0.15, -0.1) is 12.4 Å². The number of nitrogens with two attached hydrogens (primary N) is 2. The number of amides is 1. The molecule has 1 amide bonds. The minimum Gasteiger partial charge on any atom is -0.366 e. The Morgan fingerprint density at radius 2 is 2.00 bits per heavy atom. The van der Waals surface area contributed by atoms with Gasteiger partial charge < -0.3 is 11.5 Å². The molecule has 2 atom stereocenters. The maximum atomic E-state index is 11.0. The zero-order valence-corrected chi connectivity index (χ0v) is 12.7. The molecule has 5 heteroatoms. The van der Waals surface area contributed by atoms with E-state index >= 15 is 0 Å². The van der Waals surface area contributed by atoms with Crippen molar-refractivity contribution in [3.05, 3.63) is 35.4 Å². The Bertz CT molecular complexity index is 435. The van der Waals surface area contributed by atoms with Crippen molar-refractivity contribution in [1.29, 1.82) is 0 Å². The number of nitrogens with zero attached hydrogens (tertiary/aromatic N) is 1. The van der Waals surface area contributed by atoms with E-state index in [1.165, 1.54) is 18.4 Å². The van der Waals surface area contributed by atoms with Gasteiger partial charge in [0.05, 0.1) is 0 Å². The molecule has 4 nitrogen and oxygen atoms in total. The average molecular weight is 298 g/mol. The van der Waals surface area contributed by atoms with Crippen molar-refractivity contribution in [2.24, 2.45) is 17.4 Å². The molecule has 0 saturated carbocycles. The summed E-state index contributed by atoms with van der Waals surface area (Å²) in [5.41, 5.74) is 12.9. The van der Waals surface area contributed by atoms with Crippen LogP contribution in [-0.2, 0) is 6.54 Å². The highest BCUT2D eigenvalue weighted by Crippen LogP contribution is 2.23. The largest absolute Gasteiger partial charge is 0.366 e. The first-order valence-corrected chi connectivity index (χ1v) is 6.93. The van der Waals surface area contributed by atoms with Crippen molar-refractivity contribution in [3.63, 3.8) is 0 Å². The maximum Gasteiger partial charge on any atom is 0.248 e. The first-order chi connectivity index (χ1) is 9.10. The molecule has 1 heterocycles. The molecule has 112 valence electrons. The Morgan fingerprint density at radius 3 is 2.55 bits per heavy atom. The van der Waals surface area contributed by atoms with E-state index in [2.05, 4.69) is 11.8 Å². The number of likely N-dealkylation sites (tertiary alicyclic amines) is 1. The summed E-state index contributed by atoms with van der Waals surface area (Å²) in [5.74, 6) is 0.389. The standard InChI is InChI=1S/C15H23N3O.ClH/c1-11-6-7-18(14(8-11)9-16)10-12-2-4-13(5-3-12)15(17)19;/h2-5,11,14H,6-10,16H2,1H3,(H2,17,19);1H. The lowest BCUT2D eigenvalue weighted by molar-refractivity contribution is 0.1000. The Morgan fingerprint density at radius 1 is 1.35 bits per heavy atom. The molecule has 2 unspecified atom stereocenters. The van der Waals surface area contributed by atoms with Gasteiger partial charge in [0.1, 0.15) is 0 Å². The minimum absolute atomic E-state index is 0. The molecule has 1 saturated heterocycles. The van der Waals surface area contributed by atoms with Crippen molar-refractivity contribution in [2.45, 2.75) is 32.4 Å². The van der Waals surface area contributed by atoms with Gasteiger partial charge in [0.2, 0.25) is 5.91 Å². The van der Waals surface area contributed by atoms with E-state index in [-0.39, 0.29) is 18.3 Å². The normalized spacial score (nSPS) is 23.1. The second-order valence-corrected chi connectivity index (χ2v) is 5.55. The smallest absolute Gasteiger partial charge is 0.248 e. The van der Waals surface area contributed by atoms with E-state index in [4.69, 9.17) is 11.5 Å². The maximum absolute atomic E-state index is 11.0. The molecular weight excluding hydrogens is 274 g/mol. The fourth-order valence-corrected chi connectivity index (χ4v) is 2.76. The van der Waals surface area contributed by atoms with Crippen LogP contribution in [0.3, 0.4) is 0 Å². The highest BCUT2D eigenvalue weighted by molar-refractivity contribution is 5.92. The first kappa shape index (κ1) is 17.0. The van der Waals surface area contributed by atoms with Crippen molar-refractivity contribution in [3.8, 4) is 0 Å². The van der Waals surface area contributed by atoms with Crippen LogP contribution < -0.4 is 11.5 Å². The van der Waals surface area contributed by atoms with Crippen LogP contribution in [-0.4, -0.2) is 29.9 Å². The number of halogens is 1. The molecule has 4 N–H and O–H groups in total. The molecule has 1 aromatic rings. The minimum atomic E-state index is -0.377. The topological polar surface area (TPSA) is 72.3 Å². The van der Waals surface area contributed by atoms with E-state index in [1.807, 2.05) is 12.1 Å². The molecule has 1 aromatic carbocycles. The quantitative estimate of drug-likeness (QED) is 0.889. The predicted octanol–water partition coefficient (Wildman–Crippen LogP) is 1.77. The molecule has 0 spiro atoms. The predicted molar refractivity (Wildman–Crippen MR) is 83.9 cm³/mol. The summed E-state index contributed by atoms with van der Waals surface area (Å²) in [6.45, 7) is 5.00.